The van der Waals surface area contributed by atoms with Gasteiger partial charge in [0.25, 0.3) is 0 Å². The molecule has 0 spiro atoms. The third kappa shape index (κ3) is 11.5. The maximum absolute atomic E-state index is 13.0. The number of esters is 1. The predicted molar refractivity (Wildman–Crippen MR) is 170 cm³/mol. The average molecular weight is 611 g/mol. The van der Waals surface area contributed by atoms with Crippen molar-refractivity contribution in [3.8, 4) is 5.75 Å². The smallest absolute Gasteiger partial charge is 0.410 e. The van der Waals surface area contributed by atoms with E-state index in [9.17, 15) is 14.7 Å². The molecule has 43 heavy (non-hydrogen) atoms. The van der Waals surface area contributed by atoms with Crippen molar-refractivity contribution in [1.82, 2.24) is 4.90 Å². The lowest BCUT2D eigenvalue weighted by molar-refractivity contribution is -0.157. The highest BCUT2D eigenvalue weighted by atomic mass is 35.5. The molecule has 3 rings (SSSR count). The monoisotopic (exact) mass is 610 g/mol. The van der Waals surface area contributed by atoms with Crippen molar-refractivity contribution >= 4 is 35.0 Å². The normalized spacial score (nSPS) is 12.3. The third-order valence-corrected chi connectivity index (χ3v) is 6.51. The van der Waals surface area contributed by atoms with Gasteiger partial charge in [0, 0.05) is 30.0 Å². The number of anilines is 2. The Morgan fingerprint density at radius 3 is 2.00 bits per heavy atom. The molecule has 0 aliphatic rings. The summed E-state index contributed by atoms with van der Waals surface area (Å²) in [4.78, 5) is 28.5. The first-order chi connectivity index (χ1) is 20.1. The van der Waals surface area contributed by atoms with Crippen LogP contribution >= 0.6 is 11.6 Å². The highest BCUT2D eigenvalue weighted by Gasteiger charge is 2.25. The minimum absolute atomic E-state index is 0.0769. The van der Waals surface area contributed by atoms with Crippen LogP contribution in [-0.2, 0) is 20.7 Å². The molecular weight excluding hydrogens is 568 g/mol. The van der Waals surface area contributed by atoms with Crippen molar-refractivity contribution in [2.24, 2.45) is 0 Å². The molecule has 0 heterocycles. The molecule has 1 amide bonds. The Kier molecular flexibility index (Phi) is 11.5. The summed E-state index contributed by atoms with van der Waals surface area (Å²) in [6.07, 6.45) is -0.811. The van der Waals surface area contributed by atoms with E-state index >= 15 is 0 Å². The molecule has 8 nitrogen and oxygen atoms in total. The van der Waals surface area contributed by atoms with Crippen LogP contribution in [-0.4, -0.2) is 60.0 Å². The largest absolute Gasteiger partial charge is 0.482 e. The standard InChI is InChI=1S/C34H43ClN2O6/c1-33(2,3)42-31(39)23-41-29-17-15-28(16-18-29)36(7)27-13-11-24(12-14-27)19-20-37(32(40)43-34(4,5)6)22-30(38)25-9-8-10-26(35)21-25/h8-18,21,30,38H,19-20,22-23H2,1-7H3/t30-/m0/s1. The summed E-state index contributed by atoms with van der Waals surface area (Å²) in [5.74, 6) is 0.161. The molecule has 0 saturated heterocycles. The lowest BCUT2D eigenvalue weighted by atomic mass is 10.1. The van der Waals surface area contributed by atoms with Crippen molar-refractivity contribution in [2.75, 3.05) is 31.6 Å². The molecule has 0 unspecified atom stereocenters. The van der Waals surface area contributed by atoms with Crippen molar-refractivity contribution in [2.45, 2.75) is 65.3 Å². The molecule has 0 aliphatic carbocycles. The SMILES string of the molecule is CN(c1ccc(CCN(C[C@H](O)c2cccc(Cl)c2)C(=O)OC(C)(C)C)cc1)c1ccc(OCC(=O)OC(C)(C)C)cc1. The Morgan fingerprint density at radius 1 is 0.860 bits per heavy atom. The summed E-state index contributed by atoms with van der Waals surface area (Å²) in [5.41, 5.74) is 2.38. The average Bonchev–Trinajstić information content (AvgIpc) is 2.92. The van der Waals surface area contributed by atoms with Gasteiger partial charge in [0.05, 0.1) is 12.6 Å². The fraction of sp³-hybridized carbons (Fsp3) is 0.412. The van der Waals surface area contributed by atoms with Crippen LogP contribution in [0.4, 0.5) is 16.2 Å². The van der Waals surface area contributed by atoms with Crippen LogP contribution in [0.15, 0.2) is 72.8 Å². The zero-order valence-electron chi connectivity index (χ0n) is 26.1. The Bertz CT molecular complexity index is 1350. The second-order valence-electron chi connectivity index (χ2n) is 12.3. The second-order valence-corrected chi connectivity index (χ2v) is 12.8. The number of rotatable bonds is 11. The van der Waals surface area contributed by atoms with Crippen molar-refractivity contribution in [1.29, 1.82) is 0 Å². The number of aliphatic hydroxyl groups excluding tert-OH is 1. The van der Waals surface area contributed by atoms with Crippen LogP contribution in [0.1, 0.15) is 58.8 Å². The topological polar surface area (TPSA) is 88.5 Å². The lowest BCUT2D eigenvalue weighted by Gasteiger charge is -2.29. The summed E-state index contributed by atoms with van der Waals surface area (Å²) >= 11 is 6.10. The van der Waals surface area contributed by atoms with E-state index in [4.69, 9.17) is 25.8 Å². The van der Waals surface area contributed by atoms with Gasteiger partial charge in [-0.05, 0) is 108 Å². The highest BCUT2D eigenvalue weighted by Crippen LogP contribution is 2.26. The predicted octanol–water partition coefficient (Wildman–Crippen LogP) is 7.34. The van der Waals surface area contributed by atoms with Crippen molar-refractivity contribution in [3.63, 3.8) is 0 Å². The van der Waals surface area contributed by atoms with Crippen molar-refractivity contribution in [3.05, 3.63) is 88.9 Å². The number of halogens is 1. The summed E-state index contributed by atoms with van der Waals surface area (Å²) in [5, 5.41) is 11.4. The molecule has 0 aromatic heterocycles. The highest BCUT2D eigenvalue weighted by molar-refractivity contribution is 6.30. The van der Waals surface area contributed by atoms with Gasteiger partial charge in [-0.15, -0.1) is 0 Å². The quantitative estimate of drug-likeness (QED) is 0.227. The number of aliphatic hydroxyl groups is 1. The van der Waals surface area contributed by atoms with Gasteiger partial charge in [-0.2, -0.15) is 0 Å². The molecule has 0 radical (unpaired) electrons. The zero-order chi connectivity index (χ0) is 31.8. The summed E-state index contributed by atoms with van der Waals surface area (Å²) < 4.78 is 16.5. The molecule has 9 heteroatoms. The molecule has 232 valence electrons. The maximum Gasteiger partial charge on any atom is 0.410 e. The van der Waals surface area contributed by atoms with Crippen LogP contribution in [0.25, 0.3) is 0 Å². The summed E-state index contributed by atoms with van der Waals surface area (Å²) in [7, 11) is 1.97. The van der Waals surface area contributed by atoms with Crippen LogP contribution in [0, 0.1) is 0 Å². The fourth-order valence-corrected chi connectivity index (χ4v) is 4.39. The molecular formula is C34H43ClN2O6. The minimum Gasteiger partial charge on any atom is -0.482 e. The van der Waals surface area contributed by atoms with E-state index in [1.54, 1.807) is 24.3 Å². The van der Waals surface area contributed by atoms with Gasteiger partial charge in [-0.25, -0.2) is 9.59 Å². The van der Waals surface area contributed by atoms with E-state index in [2.05, 4.69) is 0 Å². The number of hydrogen-bond acceptors (Lipinski definition) is 7. The Hall–Kier alpha value is -3.75. The van der Waals surface area contributed by atoms with Gasteiger partial charge in [0.1, 0.15) is 17.0 Å². The Balaban J connectivity index is 1.61. The van der Waals surface area contributed by atoms with Gasteiger partial charge < -0.3 is 29.1 Å². The molecule has 0 bridgehead atoms. The molecule has 0 saturated carbocycles. The van der Waals surface area contributed by atoms with Crippen LogP contribution in [0.5, 0.6) is 5.75 Å². The first-order valence-corrected chi connectivity index (χ1v) is 14.7. The number of nitrogens with zero attached hydrogens (tertiary/aromatic N) is 2. The molecule has 1 atom stereocenters. The second kappa shape index (κ2) is 14.6. The van der Waals surface area contributed by atoms with Gasteiger partial charge in [0.15, 0.2) is 6.61 Å². The summed E-state index contributed by atoms with van der Waals surface area (Å²) in [6, 6.07) is 22.5. The molecule has 0 fully saturated rings. The summed E-state index contributed by atoms with van der Waals surface area (Å²) in [6.45, 7) is 11.2. The van der Waals surface area contributed by atoms with Crippen LogP contribution in [0.3, 0.4) is 0 Å². The molecule has 0 aliphatic heterocycles. The number of carbonyl (C=O) groups is 2. The number of benzene rings is 3. The van der Waals surface area contributed by atoms with Gasteiger partial charge in [0.2, 0.25) is 0 Å². The third-order valence-electron chi connectivity index (χ3n) is 6.27. The number of carbonyl (C=O) groups excluding carboxylic acids is 2. The number of amides is 1. The van der Waals surface area contributed by atoms with E-state index in [0.29, 0.717) is 29.3 Å². The van der Waals surface area contributed by atoms with E-state index < -0.39 is 29.4 Å². The Morgan fingerprint density at radius 2 is 1.44 bits per heavy atom. The number of hydrogen-bond donors (Lipinski definition) is 1. The van der Waals surface area contributed by atoms with Gasteiger partial charge >= 0.3 is 12.1 Å². The maximum atomic E-state index is 13.0. The van der Waals surface area contributed by atoms with E-state index in [1.165, 1.54) is 4.90 Å². The zero-order valence-corrected chi connectivity index (χ0v) is 26.9. The lowest BCUT2D eigenvalue weighted by Crippen LogP contribution is -2.40. The minimum atomic E-state index is -0.906. The molecule has 3 aromatic carbocycles. The van der Waals surface area contributed by atoms with Gasteiger partial charge in [-0.3, -0.25) is 0 Å². The van der Waals surface area contributed by atoms with Crippen LogP contribution < -0.4 is 9.64 Å². The first kappa shape index (κ1) is 33.7. The fourth-order valence-electron chi connectivity index (χ4n) is 4.19. The first-order valence-electron chi connectivity index (χ1n) is 14.3. The van der Waals surface area contributed by atoms with E-state index in [0.717, 1.165) is 16.9 Å². The molecule has 3 aromatic rings. The van der Waals surface area contributed by atoms with Gasteiger partial charge in [-0.1, -0.05) is 35.9 Å². The van der Waals surface area contributed by atoms with E-state index in [1.807, 2.05) is 102 Å². The Labute approximate surface area is 260 Å². The molecule has 1 N–H and O–H groups in total. The van der Waals surface area contributed by atoms with Crippen LogP contribution in [0.2, 0.25) is 5.02 Å². The number of ether oxygens (including phenoxy) is 3. The van der Waals surface area contributed by atoms with E-state index in [-0.39, 0.29) is 13.2 Å². The van der Waals surface area contributed by atoms with Crippen molar-refractivity contribution < 1.29 is 28.9 Å².